The van der Waals surface area contributed by atoms with Crippen molar-refractivity contribution in [3.8, 4) is 0 Å². The predicted octanol–water partition coefficient (Wildman–Crippen LogP) is 3.84. The zero-order valence-corrected chi connectivity index (χ0v) is 19.3. The zero-order valence-electron chi connectivity index (χ0n) is 18.5. The highest BCUT2D eigenvalue weighted by Crippen LogP contribution is 2.31. The van der Waals surface area contributed by atoms with Crippen molar-refractivity contribution in [2.24, 2.45) is 0 Å². The number of carbonyl (C=O) groups excluding carboxylic acids is 1. The van der Waals surface area contributed by atoms with Crippen LogP contribution in [0.4, 0.5) is 5.69 Å². The Morgan fingerprint density at radius 2 is 1.78 bits per heavy atom. The Morgan fingerprint density at radius 3 is 2.53 bits per heavy atom. The normalized spacial score (nSPS) is 17.3. The zero-order chi connectivity index (χ0) is 22.5. The Bertz CT molecular complexity index is 1290. The molecule has 168 valence electrons. The Kier molecular flexibility index (Phi) is 5.29. The van der Waals surface area contributed by atoms with Crippen molar-refractivity contribution in [2.75, 3.05) is 24.5 Å². The van der Waals surface area contributed by atoms with Gasteiger partial charge in [-0.2, -0.15) is 4.31 Å². The lowest BCUT2D eigenvalue weighted by molar-refractivity contribution is 0.0989. The van der Waals surface area contributed by atoms with E-state index in [-0.39, 0.29) is 16.9 Å². The highest BCUT2D eigenvalue weighted by molar-refractivity contribution is 7.89. The van der Waals surface area contributed by atoms with Crippen molar-refractivity contribution in [3.05, 3.63) is 59.4 Å². The van der Waals surface area contributed by atoms with Gasteiger partial charge in [0, 0.05) is 37.1 Å². The van der Waals surface area contributed by atoms with Gasteiger partial charge < -0.3 is 4.90 Å². The Balaban J connectivity index is 1.56. The first-order valence-corrected chi connectivity index (χ1v) is 12.7. The lowest BCUT2D eigenvalue weighted by atomic mass is 10.2. The number of para-hydroxylation sites is 1. The van der Waals surface area contributed by atoms with Gasteiger partial charge in [-0.15, -0.1) is 0 Å². The highest BCUT2D eigenvalue weighted by Gasteiger charge is 2.33. The van der Waals surface area contributed by atoms with Gasteiger partial charge in [-0.25, -0.2) is 13.4 Å². The smallest absolute Gasteiger partial charge is 0.260 e. The molecule has 0 saturated carbocycles. The molecule has 0 spiro atoms. The number of fused-ring (bicyclic) bond motifs is 2. The maximum Gasteiger partial charge on any atom is 0.260 e. The number of anilines is 1. The molecule has 1 saturated heterocycles. The Labute approximate surface area is 188 Å². The largest absolute Gasteiger partial charge is 0.308 e. The van der Waals surface area contributed by atoms with Crippen molar-refractivity contribution in [3.63, 3.8) is 0 Å². The van der Waals surface area contributed by atoms with Crippen molar-refractivity contribution in [1.82, 2.24) is 13.7 Å². The molecular formula is C24H28N4O3S. The van der Waals surface area contributed by atoms with Crippen LogP contribution in [0.5, 0.6) is 0 Å². The summed E-state index contributed by atoms with van der Waals surface area (Å²) in [4.78, 5) is 19.7. The molecule has 0 atom stereocenters. The molecule has 1 fully saturated rings. The maximum atomic E-state index is 13.5. The molecule has 0 N–H and O–H groups in total. The molecule has 0 unspecified atom stereocenters. The number of benzene rings is 1. The second kappa shape index (κ2) is 8.01. The van der Waals surface area contributed by atoms with Crippen LogP contribution < -0.4 is 4.90 Å². The number of nitrogens with zero attached hydrogens (tertiary/aromatic N) is 4. The van der Waals surface area contributed by atoms with Gasteiger partial charge in [0.1, 0.15) is 5.65 Å². The van der Waals surface area contributed by atoms with E-state index in [9.17, 15) is 13.2 Å². The van der Waals surface area contributed by atoms with Gasteiger partial charge in [0.25, 0.3) is 15.9 Å². The van der Waals surface area contributed by atoms with Crippen LogP contribution in [-0.4, -0.2) is 47.6 Å². The Morgan fingerprint density at radius 1 is 1.03 bits per heavy atom. The summed E-state index contributed by atoms with van der Waals surface area (Å²) in [6.07, 6.45) is 5.33. The van der Waals surface area contributed by atoms with Crippen molar-refractivity contribution >= 4 is 27.3 Å². The number of piperidine rings is 1. The lowest BCUT2D eigenvalue weighted by Gasteiger charge is -2.26. The topological polar surface area (TPSA) is 75.0 Å². The lowest BCUT2D eigenvalue weighted by Crippen LogP contribution is -2.36. The van der Waals surface area contributed by atoms with E-state index in [0.29, 0.717) is 36.5 Å². The van der Waals surface area contributed by atoms with E-state index in [1.807, 2.05) is 38.1 Å². The van der Waals surface area contributed by atoms with E-state index < -0.39 is 10.0 Å². The first-order valence-electron chi connectivity index (χ1n) is 11.3. The number of imidazole rings is 1. The number of hydrogen-bond donors (Lipinski definition) is 0. The number of carbonyl (C=O) groups is 1. The van der Waals surface area contributed by atoms with Gasteiger partial charge >= 0.3 is 0 Å². The molecule has 0 radical (unpaired) electrons. The fourth-order valence-corrected chi connectivity index (χ4v) is 6.67. The summed E-state index contributed by atoms with van der Waals surface area (Å²) < 4.78 is 30.3. The van der Waals surface area contributed by atoms with Crippen LogP contribution in [0.15, 0.2) is 47.6 Å². The van der Waals surface area contributed by atoms with E-state index in [0.717, 1.165) is 31.4 Å². The number of pyridine rings is 1. The summed E-state index contributed by atoms with van der Waals surface area (Å²) in [6.45, 7) is 5.62. The van der Waals surface area contributed by atoms with Crippen LogP contribution in [0.1, 0.15) is 60.6 Å². The molecule has 1 amide bonds. The highest BCUT2D eigenvalue weighted by atomic mass is 32.2. The first kappa shape index (κ1) is 21.2. The van der Waals surface area contributed by atoms with E-state index in [1.165, 1.54) is 5.56 Å². The van der Waals surface area contributed by atoms with Gasteiger partial charge in [0.2, 0.25) is 0 Å². The summed E-state index contributed by atoms with van der Waals surface area (Å²) in [5.74, 6) is -0.152. The molecule has 0 aliphatic carbocycles. The third-order valence-electron chi connectivity index (χ3n) is 6.43. The summed E-state index contributed by atoms with van der Waals surface area (Å²) >= 11 is 0. The van der Waals surface area contributed by atoms with Gasteiger partial charge in [-0.1, -0.05) is 38.5 Å². The molecule has 3 aromatic rings. The number of aromatic nitrogens is 2. The summed E-state index contributed by atoms with van der Waals surface area (Å²) in [7, 11) is -3.67. The molecule has 2 aromatic heterocycles. The summed E-state index contributed by atoms with van der Waals surface area (Å²) in [6, 6.07) is 11.4. The molecule has 32 heavy (non-hydrogen) atoms. The standard InChI is InChI=1S/C24H28N4O3S/c1-17(2)22-24(32(30,31)26-12-6-3-7-13-26)28-15-11-19(16-21(28)25-22)23(29)27-14-10-18-8-4-5-9-20(18)27/h4-5,8-9,11,15-17H,3,6-7,10,12-14H2,1-2H3. The van der Waals surface area contributed by atoms with Crippen molar-refractivity contribution < 1.29 is 13.2 Å². The van der Waals surface area contributed by atoms with Crippen LogP contribution in [0.3, 0.4) is 0 Å². The fraction of sp³-hybridized carbons (Fsp3) is 0.417. The van der Waals surface area contributed by atoms with Crippen LogP contribution in [0.25, 0.3) is 5.65 Å². The monoisotopic (exact) mass is 452 g/mol. The minimum atomic E-state index is -3.67. The quantitative estimate of drug-likeness (QED) is 0.603. The molecule has 7 nitrogen and oxygen atoms in total. The van der Waals surface area contributed by atoms with E-state index in [4.69, 9.17) is 0 Å². The third-order valence-corrected chi connectivity index (χ3v) is 8.37. The fourth-order valence-electron chi connectivity index (χ4n) is 4.74. The van der Waals surface area contributed by atoms with E-state index >= 15 is 0 Å². The average molecular weight is 453 g/mol. The average Bonchev–Trinajstić information content (AvgIpc) is 3.41. The molecular weight excluding hydrogens is 424 g/mol. The first-order chi connectivity index (χ1) is 15.4. The van der Waals surface area contributed by atoms with Crippen LogP contribution in [0, 0.1) is 0 Å². The van der Waals surface area contributed by atoms with Crippen LogP contribution in [-0.2, 0) is 16.4 Å². The SMILES string of the molecule is CC(C)c1nc2cc(C(=O)N3CCc4ccccc43)ccn2c1S(=O)(=O)N1CCCCC1. The van der Waals surface area contributed by atoms with Gasteiger partial charge in [-0.3, -0.25) is 9.20 Å². The van der Waals surface area contributed by atoms with E-state index in [1.54, 1.807) is 31.9 Å². The molecule has 8 heteroatoms. The summed E-state index contributed by atoms with van der Waals surface area (Å²) in [5.41, 5.74) is 3.66. The minimum Gasteiger partial charge on any atom is -0.308 e. The van der Waals surface area contributed by atoms with Gasteiger partial charge in [-0.05, 0) is 48.9 Å². The molecule has 4 heterocycles. The second-order valence-corrected chi connectivity index (χ2v) is 10.8. The predicted molar refractivity (Wildman–Crippen MR) is 124 cm³/mol. The maximum absolute atomic E-state index is 13.5. The summed E-state index contributed by atoms with van der Waals surface area (Å²) in [5, 5.41) is 0.231. The third kappa shape index (κ3) is 3.42. The number of amides is 1. The molecule has 5 rings (SSSR count). The van der Waals surface area contributed by atoms with Gasteiger partial charge in [0.15, 0.2) is 5.03 Å². The molecule has 1 aromatic carbocycles. The van der Waals surface area contributed by atoms with Crippen molar-refractivity contribution in [2.45, 2.75) is 50.5 Å². The van der Waals surface area contributed by atoms with Crippen LogP contribution in [0.2, 0.25) is 0 Å². The number of hydrogen-bond acceptors (Lipinski definition) is 4. The molecule has 0 bridgehead atoms. The van der Waals surface area contributed by atoms with Gasteiger partial charge in [0.05, 0.1) is 5.69 Å². The minimum absolute atomic E-state index is 0.0610. The van der Waals surface area contributed by atoms with E-state index in [2.05, 4.69) is 4.98 Å². The van der Waals surface area contributed by atoms with Crippen LogP contribution >= 0.6 is 0 Å². The Hall–Kier alpha value is -2.71. The molecule has 2 aliphatic heterocycles. The second-order valence-electron chi connectivity index (χ2n) is 8.90. The number of sulfonamides is 1. The molecule has 2 aliphatic rings. The number of rotatable bonds is 4. The van der Waals surface area contributed by atoms with Crippen molar-refractivity contribution in [1.29, 1.82) is 0 Å².